The zero-order valence-electron chi connectivity index (χ0n) is 9.12. The normalized spacial score (nSPS) is 16.4. The Kier molecular flexibility index (Phi) is 4.14. The molecule has 88 valence electrons. The van der Waals surface area contributed by atoms with Crippen molar-refractivity contribution in [3.63, 3.8) is 0 Å². The summed E-state index contributed by atoms with van der Waals surface area (Å²) in [6.07, 6.45) is 0. The van der Waals surface area contributed by atoms with Gasteiger partial charge in [-0.05, 0) is 19.9 Å². The molecule has 6 heteroatoms. The predicted molar refractivity (Wildman–Crippen MR) is 62.6 cm³/mol. The van der Waals surface area contributed by atoms with Gasteiger partial charge in [0.05, 0.1) is 21.0 Å². The maximum Gasteiger partial charge on any atom is 0.285 e. The maximum absolute atomic E-state index is 12.0. The molecule has 0 saturated heterocycles. The van der Waals surface area contributed by atoms with E-state index in [1.54, 1.807) is 26.0 Å². The monoisotopic (exact) mass is 242 g/mol. The summed E-state index contributed by atoms with van der Waals surface area (Å²) < 4.78 is 12.0. The molecule has 1 aromatic rings. The average Bonchev–Trinajstić information content (AvgIpc) is 2.26. The van der Waals surface area contributed by atoms with Crippen LogP contribution in [-0.2, 0) is 10.8 Å². The molecule has 2 N–H and O–H groups in total. The van der Waals surface area contributed by atoms with Crippen LogP contribution in [0.15, 0.2) is 29.2 Å². The van der Waals surface area contributed by atoms with Crippen LogP contribution in [0.25, 0.3) is 0 Å². The molecule has 16 heavy (non-hydrogen) atoms. The van der Waals surface area contributed by atoms with Gasteiger partial charge in [0.15, 0.2) is 0 Å². The molecule has 0 aliphatic carbocycles. The van der Waals surface area contributed by atoms with Crippen molar-refractivity contribution in [2.75, 3.05) is 0 Å². The van der Waals surface area contributed by atoms with Crippen LogP contribution >= 0.6 is 0 Å². The van der Waals surface area contributed by atoms with Gasteiger partial charge in [0.1, 0.15) is 4.90 Å². The Labute approximate surface area is 96.3 Å². The topological polar surface area (TPSA) is 86.2 Å². The highest BCUT2D eigenvalue weighted by Gasteiger charge is 2.24. The molecule has 0 aliphatic heterocycles. The number of nitro groups is 1. The Balaban J connectivity index is 3.13. The fourth-order valence-electron chi connectivity index (χ4n) is 1.17. The fraction of sp³-hybridized carbons (Fsp3) is 0.400. The molecule has 0 radical (unpaired) electrons. The van der Waals surface area contributed by atoms with E-state index in [1.165, 1.54) is 12.1 Å². The summed E-state index contributed by atoms with van der Waals surface area (Å²) >= 11 is 0. The number of rotatable bonds is 4. The first-order valence-corrected chi connectivity index (χ1v) is 6.06. The predicted octanol–water partition coefficient (Wildman–Crippen LogP) is 1.44. The van der Waals surface area contributed by atoms with Gasteiger partial charge < -0.3 is 5.73 Å². The van der Waals surface area contributed by atoms with Crippen LogP contribution < -0.4 is 5.73 Å². The summed E-state index contributed by atoms with van der Waals surface area (Å²) in [7, 11) is -1.46. The van der Waals surface area contributed by atoms with Crippen LogP contribution in [-0.4, -0.2) is 20.4 Å². The van der Waals surface area contributed by atoms with Crippen LogP contribution in [0, 0.1) is 10.1 Å². The summed E-state index contributed by atoms with van der Waals surface area (Å²) in [5, 5.41) is 10.4. The van der Waals surface area contributed by atoms with E-state index in [1.807, 2.05) is 0 Å². The lowest BCUT2D eigenvalue weighted by Gasteiger charge is -2.14. The van der Waals surface area contributed by atoms with Crippen molar-refractivity contribution in [1.82, 2.24) is 0 Å². The number of benzene rings is 1. The molecule has 3 atom stereocenters. The van der Waals surface area contributed by atoms with Gasteiger partial charge in [-0.3, -0.25) is 14.3 Å². The molecule has 3 unspecified atom stereocenters. The second kappa shape index (κ2) is 5.18. The van der Waals surface area contributed by atoms with E-state index in [2.05, 4.69) is 0 Å². The molecule has 0 fully saturated rings. The Bertz CT molecular complexity index is 420. The zero-order chi connectivity index (χ0) is 12.3. The van der Waals surface area contributed by atoms with Crippen LogP contribution in [0.4, 0.5) is 5.69 Å². The molecule has 0 aliphatic rings. The molecule has 0 heterocycles. The Morgan fingerprint density at radius 3 is 2.44 bits per heavy atom. The number of para-hydroxylation sites is 1. The van der Waals surface area contributed by atoms with Gasteiger partial charge in [-0.25, -0.2) is 0 Å². The lowest BCUT2D eigenvalue weighted by molar-refractivity contribution is -0.387. The van der Waals surface area contributed by atoms with E-state index in [4.69, 9.17) is 5.73 Å². The first-order chi connectivity index (χ1) is 7.45. The average molecular weight is 242 g/mol. The minimum atomic E-state index is -1.46. The maximum atomic E-state index is 12.0. The summed E-state index contributed by atoms with van der Waals surface area (Å²) in [5.74, 6) is 0. The van der Waals surface area contributed by atoms with Crippen molar-refractivity contribution in [2.24, 2.45) is 5.73 Å². The smallest absolute Gasteiger partial charge is 0.285 e. The van der Waals surface area contributed by atoms with E-state index in [0.717, 1.165) is 0 Å². The van der Waals surface area contributed by atoms with E-state index in [9.17, 15) is 14.3 Å². The third-order valence-corrected chi connectivity index (χ3v) is 4.24. The first-order valence-electron chi connectivity index (χ1n) is 4.84. The number of hydrogen-bond acceptors (Lipinski definition) is 4. The minimum Gasteiger partial charge on any atom is -0.327 e. The lowest BCUT2D eigenvalue weighted by atomic mass is 10.3. The molecule has 0 bridgehead atoms. The molecule has 0 amide bonds. The highest BCUT2D eigenvalue weighted by molar-refractivity contribution is 7.85. The second-order valence-corrected chi connectivity index (χ2v) is 5.36. The van der Waals surface area contributed by atoms with Crippen molar-refractivity contribution in [3.05, 3.63) is 34.4 Å². The standard InChI is InChI=1S/C10H14N2O3S/c1-7(11)8(2)16(15)10-6-4-3-5-9(10)12(13)14/h3-8H,11H2,1-2H3. The summed E-state index contributed by atoms with van der Waals surface area (Å²) in [4.78, 5) is 10.5. The molecule has 1 rings (SSSR count). The third kappa shape index (κ3) is 2.65. The van der Waals surface area contributed by atoms with Crippen LogP contribution in [0.2, 0.25) is 0 Å². The molecular weight excluding hydrogens is 228 g/mol. The number of nitro benzene ring substituents is 1. The van der Waals surface area contributed by atoms with Crippen molar-refractivity contribution in [2.45, 2.75) is 30.0 Å². The zero-order valence-corrected chi connectivity index (χ0v) is 9.94. The second-order valence-electron chi connectivity index (χ2n) is 3.59. The van der Waals surface area contributed by atoms with E-state index < -0.39 is 15.7 Å². The molecule has 0 spiro atoms. The summed E-state index contributed by atoms with van der Waals surface area (Å²) in [6, 6.07) is 5.76. The Hall–Kier alpha value is -1.27. The van der Waals surface area contributed by atoms with Gasteiger partial charge >= 0.3 is 0 Å². The number of nitrogens with two attached hydrogens (primary N) is 1. The van der Waals surface area contributed by atoms with E-state index in [0.29, 0.717) is 0 Å². The van der Waals surface area contributed by atoms with Crippen LogP contribution in [0.1, 0.15) is 13.8 Å². The highest BCUT2D eigenvalue weighted by atomic mass is 32.2. The number of hydrogen-bond donors (Lipinski definition) is 1. The molecular formula is C10H14N2O3S. The van der Waals surface area contributed by atoms with Gasteiger partial charge in [0.2, 0.25) is 0 Å². The number of nitrogens with zero attached hydrogens (tertiary/aromatic N) is 1. The van der Waals surface area contributed by atoms with Gasteiger partial charge in [-0.15, -0.1) is 0 Å². The van der Waals surface area contributed by atoms with Gasteiger partial charge in [0.25, 0.3) is 5.69 Å². The third-order valence-electron chi connectivity index (χ3n) is 2.36. The van der Waals surface area contributed by atoms with E-state index in [-0.39, 0.29) is 21.9 Å². The largest absolute Gasteiger partial charge is 0.327 e. The quantitative estimate of drug-likeness (QED) is 0.639. The fourth-order valence-corrected chi connectivity index (χ4v) is 2.53. The molecule has 0 saturated carbocycles. The Morgan fingerprint density at radius 1 is 1.38 bits per heavy atom. The van der Waals surface area contributed by atoms with Gasteiger partial charge in [-0.1, -0.05) is 12.1 Å². The van der Waals surface area contributed by atoms with Crippen molar-refractivity contribution < 1.29 is 9.13 Å². The molecule has 0 aromatic heterocycles. The van der Waals surface area contributed by atoms with E-state index >= 15 is 0 Å². The first kappa shape index (κ1) is 12.8. The van der Waals surface area contributed by atoms with Crippen molar-refractivity contribution >= 4 is 16.5 Å². The molecule has 1 aromatic carbocycles. The summed E-state index contributed by atoms with van der Waals surface area (Å²) in [5.41, 5.74) is 5.52. The summed E-state index contributed by atoms with van der Waals surface area (Å²) in [6.45, 7) is 3.45. The van der Waals surface area contributed by atoms with Crippen LogP contribution in [0.3, 0.4) is 0 Å². The van der Waals surface area contributed by atoms with Crippen LogP contribution in [0.5, 0.6) is 0 Å². The van der Waals surface area contributed by atoms with Gasteiger partial charge in [-0.2, -0.15) is 0 Å². The highest BCUT2D eigenvalue weighted by Crippen LogP contribution is 2.24. The van der Waals surface area contributed by atoms with Gasteiger partial charge in [0, 0.05) is 12.1 Å². The molecule has 5 nitrogen and oxygen atoms in total. The Morgan fingerprint density at radius 2 is 1.94 bits per heavy atom. The lowest BCUT2D eigenvalue weighted by Crippen LogP contribution is -2.32. The minimum absolute atomic E-state index is 0.117. The van der Waals surface area contributed by atoms with Crippen molar-refractivity contribution in [1.29, 1.82) is 0 Å². The SMILES string of the molecule is CC(N)C(C)S(=O)c1ccccc1[N+](=O)[O-]. The van der Waals surface area contributed by atoms with Crippen molar-refractivity contribution in [3.8, 4) is 0 Å².